The van der Waals surface area contributed by atoms with Crippen molar-refractivity contribution in [2.24, 2.45) is 0 Å². The molecule has 0 radical (unpaired) electrons. The van der Waals surface area contributed by atoms with Gasteiger partial charge in [-0.2, -0.15) is 0 Å². The molecule has 1 amide bonds. The molecule has 6 heteroatoms. The zero-order valence-corrected chi connectivity index (χ0v) is 15.1. The number of amides is 1. The molecule has 1 heterocycles. The lowest BCUT2D eigenvalue weighted by Gasteiger charge is -2.14. The van der Waals surface area contributed by atoms with Gasteiger partial charge in [0.1, 0.15) is 5.58 Å². The predicted octanol–water partition coefficient (Wildman–Crippen LogP) is 4.23. The van der Waals surface area contributed by atoms with E-state index in [4.69, 9.17) is 9.15 Å². The third kappa shape index (κ3) is 4.28. The van der Waals surface area contributed by atoms with E-state index in [9.17, 15) is 9.59 Å². The first-order valence-corrected chi connectivity index (χ1v) is 8.53. The van der Waals surface area contributed by atoms with E-state index in [0.29, 0.717) is 5.58 Å². The van der Waals surface area contributed by atoms with Crippen LogP contribution in [0.25, 0.3) is 11.0 Å². The molecular weight excluding hydrogens is 386 g/mol. The number of carbonyl (C=O) groups excluding carboxylic acids is 2. The van der Waals surface area contributed by atoms with Gasteiger partial charge in [0.2, 0.25) is 5.76 Å². The van der Waals surface area contributed by atoms with Crippen molar-refractivity contribution in [3.8, 4) is 0 Å². The normalized spacial score (nSPS) is 11.9. The quantitative estimate of drug-likeness (QED) is 0.649. The fourth-order valence-electron chi connectivity index (χ4n) is 2.40. The van der Waals surface area contributed by atoms with Gasteiger partial charge in [0.25, 0.3) is 5.91 Å². The Labute approximate surface area is 153 Å². The highest BCUT2D eigenvalue weighted by atomic mass is 79.9. The average molecular weight is 402 g/mol. The molecule has 3 aromatic rings. The first-order chi connectivity index (χ1) is 12.0. The van der Waals surface area contributed by atoms with E-state index < -0.39 is 5.97 Å². The first kappa shape index (κ1) is 17.2. The smallest absolute Gasteiger partial charge is 0.374 e. The Balaban J connectivity index is 1.54. The van der Waals surface area contributed by atoms with Crippen molar-refractivity contribution in [3.63, 3.8) is 0 Å². The van der Waals surface area contributed by atoms with Crippen LogP contribution in [-0.2, 0) is 9.53 Å². The van der Waals surface area contributed by atoms with Gasteiger partial charge in [-0.25, -0.2) is 4.79 Å². The van der Waals surface area contributed by atoms with Crippen molar-refractivity contribution >= 4 is 38.8 Å². The molecule has 0 aliphatic carbocycles. The Morgan fingerprint density at radius 1 is 1.16 bits per heavy atom. The molecule has 2 aromatic carbocycles. The molecule has 25 heavy (non-hydrogen) atoms. The third-order valence-electron chi connectivity index (χ3n) is 3.71. The molecule has 0 spiro atoms. The fourth-order valence-corrected chi connectivity index (χ4v) is 2.67. The van der Waals surface area contributed by atoms with Crippen molar-refractivity contribution in [3.05, 3.63) is 70.4 Å². The summed E-state index contributed by atoms with van der Waals surface area (Å²) in [6, 6.07) is 16.3. The van der Waals surface area contributed by atoms with Crippen LogP contribution in [0.5, 0.6) is 0 Å². The Morgan fingerprint density at radius 3 is 2.60 bits per heavy atom. The average Bonchev–Trinajstić information content (AvgIpc) is 3.04. The van der Waals surface area contributed by atoms with Crippen LogP contribution in [0.3, 0.4) is 0 Å². The van der Waals surface area contributed by atoms with Crippen molar-refractivity contribution < 1.29 is 18.7 Å². The van der Waals surface area contributed by atoms with E-state index in [1.807, 2.05) is 49.4 Å². The minimum Gasteiger partial charge on any atom is -0.450 e. The maximum absolute atomic E-state index is 12.0. The monoisotopic (exact) mass is 401 g/mol. The maximum atomic E-state index is 12.0. The predicted molar refractivity (Wildman–Crippen MR) is 97.2 cm³/mol. The van der Waals surface area contributed by atoms with Crippen molar-refractivity contribution in [1.82, 2.24) is 5.32 Å². The standard InChI is InChI=1S/C19H16BrNO4/c1-12(13-6-8-15(20)9-7-13)21-18(22)11-24-19(23)17-10-14-4-2-3-5-16(14)25-17/h2-10,12H,11H2,1H3,(H,21,22). The summed E-state index contributed by atoms with van der Waals surface area (Å²) in [6.45, 7) is 1.50. The van der Waals surface area contributed by atoms with Crippen LogP contribution in [0.2, 0.25) is 0 Å². The third-order valence-corrected chi connectivity index (χ3v) is 4.24. The van der Waals surface area contributed by atoms with Crippen LogP contribution in [0, 0.1) is 0 Å². The molecule has 0 aliphatic rings. The van der Waals surface area contributed by atoms with Crippen LogP contribution in [0.1, 0.15) is 29.1 Å². The zero-order valence-electron chi connectivity index (χ0n) is 13.5. The van der Waals surface area contributed by atoms with E-state index in [0.717, 1.165) is 15.4 Å². The van der Waals surface area contributed by atoms with Crippen molar-refractivity contribution in [2.75, 3.05) is 6.61 Å². The summed E-state index contributed by atoms with van der Waals surface area (Å²) < 4.78 is 11.4. The topological polar surface area (TPSA) is 68.5 Å². The fraction of sp³-hybridized carbons (Fsp3) is 0.158. The van der Waals surface area contributed by atoms with E-state index in [1.165, 1.54) is 0 Å². The highest BCUT2D eigenvalue weighted by molar-refractivity contribution is 9.10. The van der Waals surface area contributed by atoms with Crippen molar-refractivity contribution in [1.29, 1.82) is 0 Å². The van der Waals surface area contributed by atoms with E-state index in [1.54, 1.807) is 12.1 Å². The van der Waals surface area contributed by atoms with Gasteiger partial charge in [-0.15, -0.1) is 0 Å². The summed E-state index contributed by atoms with van der Waals surface area (Å²) in [7, 11) is 0. The number of furan rings is 1. The van der Waals surface area contributed by atoms with E-state index in [2.05, 4.69) is 21.2 Å². The minimum atomic E-state index is -0.664. The molecule has 0 saturated carbocycles. The lowest BCUT2D eigenvalue weighted by molar-refractivity contribution is -0.124. The number of esters is 1. The van der Waals surface area contributed by atoms with Gasteiger partial charge >= 0.3 is 5.97 Å². The molecule has 128 valence electrons. The molecule has 3 rings (SSSR count). The Hall–Kier alpha value is -2.60. The molecule has 0 bridgehead atoms. The van der Waals surface area contributed by atoms with Gasteiger partial charge in [-0.05, 0) is 36.8 Å². The summed E-state index contributed by atoms with van der Waals surface area (Å²) in [5.41, 5.74) is 1.56. The number of rotatable bonds is 5. The summed E-state index contributed by atoms with van der Waals surface area (Å²) in [4.78, 5) is 24.0. The number of halogens is 1. The molecule has 1 atom stereocenters. The summed E-state index contributed by atoms with van der Waals surface area (Å²) in [5.74, 6) is -0.961. The van der Waals surface area contributed by atoms with Gasteiger partial charge in [0.05, 0.1) is 6.04 Å². The van der Waals surface area contributed by atoms with Crippen LogP contribution in [0.15, 0.2) is 63.5 Å². The van der Waals surface area contributed by atoms with Crippen LogP contribution < -0.4 is 5.32 Å². The molecule has 1 aromatic heterocycles. The van der Waals surface area contributed by atoms with Crippen molar-refractivity contribution in [2.45, 2.75) is 13.0 Å². The molecule has 0 fully saturated rings. The number of hydrogen-bond acceptors (Lipinski definition) is 4. The van der Waals surface area contributed by atoms with Crippen LogP contribution >= 0.6 is 15.9 Å². The molecular formula is C19H16BrNO4. The second-order valence-corrected chi connectivity index (χ2v) is 6.48. The second-order valence-electron chi connectivity index (χ2n) is 5.57. The SMILES string of the molecule is CC(NC(=O)COC(=O)c1cc2ccccc2o1)c1ccc(Br)cc1. The lowest BCUT2D eigenvalue weighted by atomic mass is 10.1. The molecule has 1 N–H and O–H groups in total. The number of benzene rings is 2. The number of fused-ring (bicyclic) bond motifs is 1. The lowest BCUT2D eigenvalue weighted by Crippen LogP contribution is -2.31. The maximum Gasteiger partial charge on any atom is 0.374 e. The summed E-state index contributed by atoms with van der Waals surface area (Å²) >= 11 is 3.37. The first-order valence-electron chi connectivity index (χ1n) is 7.73. The number of hydrogen-bond donors (Lipinski definition) is 1. The van der Waals surface area contributed by atoms with Gasteiger partial charge in [-0.3, -0.25) is 4.79 Å². The van der Waals surface area contributed by atoms with Gasteiger partial charge in [0.15, 0.2) is 6.61 Å². The Kier molecular flexibility index (Phi) is 5.19. The van der Waals surface area contributed by atoms with Gasteiger partial charge in [-0.1, -0.05) is 46.3 Å². The van der Waals surface area contributed by atoms with E-state index in [-0.39, 0.29) is 24.3 Å². The van der Waals surface area contributed by atoms with E-state index >= 15 is 0 Å². The van der Waals surface area contributed by atoms with Crippen LogP contribution in [0.4, 0.5) is 0 Å². The Morgan fingerprint density at radius 2 is 1.88 bits per heavy atom. The largest absolute Gasteiger partial charge is 0.450 e. The number of para-hydroxylation sites is 1. The molecule has 1 unspecified atom stereocenters. The van der Waals surface area contributed by atoms with Gasteiger partial charge in [0, 0.05) is 9.86 Å². The molecule has 0 aliphatic heterocycles. The van der Waals surface area contributed by atoms with Gasteiger partial charge < -0.3 is 14.5 Å². The number of nitrogens with one attached hydrogen (secondary N) is 1. The zero-order chi connectivity index (χ0) is 17.8. The minimum absolute atomic E-state index is 0.0787. The molecule has 5 nitrogen and oxygen atoms in total. The van der Waals surface area contributed by atoms with Crippen LogP contribution in [-0.4, -0.2) is 18.5 Å². The Bertz CT molecular complexity index is 868. The highest BCUT2D eigenvalue weighted by Gasteiger charge is 2.16. The highest BCUT2D eigenvalue weighted by Crippen LogP contribution is 2.19. The number of ether oxygens (including phenoxy) is 1. The summed E-state index contributed by atoms with van der Waals surface area (Å²) in [5, 5.41) is 3.60. The molecule has 0 saturated heterocycles. The second kappa shape index (κ2) is 7.53. The number of carbonyl (C=O) groups is 2. The summed E-state index contributed by atoms with van der Waals surface area (Å²) in [6.07, 6.45) is 0.